The Morgan fingerprint density at radius 2 is 2.18 bits per heavy atom. The van der Waals surface area contributed by atoms with Gasteiger partial charge in [0.15, 0.2) is 5.13 Å². The molecule has 1 amide bonds. The molecule has 2 rings (SSSR count). The molecular weight excluding hydrogens is 236 g/mol. The minimum absolute atomic E-state index is 0.0265. The van der Waals surface area contributed by atoms with Gasteiger partial charge in [0, 0.05) is 11.1 Å². The summed E-state index contributed by atoms with van der Waals surface area (Å²) in [6.07, 6.45) is 1.69. The van der Waals surface area contributed by atoms with Crippen LogP contribution in [-0.4, -0.2) is 16.0 Å². The van der Waals surface area contributed by atoms with E-state index in [1.807, 2.05) is 13.8 Å². The van der Waals surface area contributed by atoms with Gasteiger partial charge >= 0.3 is 0 Å². The molecule has 1 aromatic carbocycles. The van der Waals surface area contributed by atoms with Gasteiger partial charge in [-0.05, 0) is 26.0 Å². The minimum atomic E-state index is -0.347. The molecule has 1 heterocycles. The van der Waals surface area contributed by atoms with E-state index in [4.69, 9.17) is 0 Å². The summed E-state index contributed by atoms with van der Waals surface area (Å²) in [4.78, 5) is 17.0. The van der Waals surface area contributed by atoms with Crippen LogP contribution in [0.25, 0.3) is 0 Å². The summed E-state index contributed by atoms with van der Waals surface area (Å²) >= 11 is 1.40. The first-order chi connectivity index (χ1) is 8.06. The van der Waals surface area contributed by atoms with E-state index >= 15 is 0 Å². The predicted octanol–water partition coefficient (Wildman–Crippen LogP) is 2.72. The van der Waals surface area contributed by atoms with Gasteiger partial charge in [0.2, 0.25) is 0 Å². The van der Waals surface area contributed by atoms with Crippen LogP contribution >= 0.6 is 11.3 Å². The van der Waals surface area contributed by atoms with Gasteiger partial charge in [-0.1, -0.05) is 11.6 Å². The third kappa shape index (κ3) is 2.62. The summed E-state index contributed by atoms with van der Waals surface area (Å²) in [6, 6.07) is 4.90. The van der Waals surface area contributed by atoms with Crippen molar-refractivity contribution in [1.82, 2.24) is 4.98 Å². The molecule has 1 aromatic heterocycles. The Morgan fingerprint density at radius 1 is 1.41 bits per heavy atom. The number of nitrogens with zero attached hydrogens (tertiary/aromatic N) is 1. The van der Waals surface area contributed by atoms with Crippen molar-refractivity contribution in [2.75, 3.05) is 5.32 Å². The SMILES string of the molecule is Cc1ccc(O)c(C(=O)Nc2ncc(C)s2)c1. The number of phenols is 1. The van der Waals surface area contributed by atoms with Crippen LogP contribution in [-0.2, 0) is 0 Å². The third-order valence-corrected chi connectivity index (χ3v) is 3.07. The highest BCUT2D eigenvalue weighted by Gasteiger charge is 2.12. The van der Waals surface area contributed by atoms with Gasteiger partial charge in [0.1, 0.15) is 5.75 Å². The van der Waals surface area contributed by atoms with Crippen molar-refractivity contribution < 1.29 is 9.90 Å². The summed E-state index contributed by atoms with van der Waals surface area (Å²) in [5, 5.41) is 12.8. The second kappa shape index (κ2) is 4.55. The molecule has 17 heavy (non-hydrogen) atoms. The van der Waals surface area contributed by atoms with Gasteiger partial charge in [-0.15, -0.1) is 11.3 Å². The number of thiazole rings is 1. The third-order valence-electron chi connectivity index (χ3n) is 2.24. The molecule has 0 saturated heterocycles. The molecule has 0 atom stereocenters. The first-order valence-corrected chi connectivity index (χ1v) is 5.91. The molecular formula is C12H12N2O2S. The number of nitrogens with one attached hydrogen (secondary N) is 1. The normalized spacial score (nSPS) is 10.2. The Labute approximate surface area is 103 Å². The Morgan fingerprint density at radius 3 is 2.82 bits per heavy atom. The highest BCUT2D eigenvalue weighted by atomic mass is 32.1. The van der Waals surface area contributed by atoms with Crippen LogP contribution in [0.4, 0.5) is 5.13 Å². The molecule has 4 nitrogen and oxygen atoms in total. The maximum absolute atomic E-state index is 11.9. The van der Waals surface area contributed by atoms with Crippen molar-refractivity contribution in [2.24, 2.45) is 0 Å². The second-order valence-electron chi connectivity index (χ2n) is 3.75. The van der Waals surface area contributed by atoms with E-state index in [2.05, 4.69) is 10.3 Å². The fourth-order valence-corrected chi connectivity index (χ4v) is 2.07. The molecule has 2 aromatic rings. The zero-order valence-electron chi connectivity index (χ0n) is 9.52. The van der Waals surface area contributed by atoms with Gasteiger partial charge in [-0.2, -0.15) is 0 Å². The van der Waals surface area contributed by atoms with Crippen molar-refractivity contribution in [3.05, 3.63) is 40.4 Å². The molecule has 5 heteroatoms. The topological polar surface area (TPSA) is 62.2 Å². The van der Waals surface area contributed by atoms with Crippen LogP contribution in [0.3, 0.4) is 0 Å². The number of hydrogen-bond acceptors (Lipinski definition) is 4. The smallest absolute Gasteiger partial charge is 0.261 e. The van der Waals surface area contributed by atoms with Crippen LogP contribution in [0.1, 0.15) is 20.8 Å². The Kier molecular flexibility index (Phi) is 3.10. The number of carbonyl (C=O) groups excluding carboxylic acids is 1. The molecule has 0 aliphatic rings. The number of carbonyl (C=O) groups is 1. The summed E-state index contributed by atoms with van der Waals surface area (Å²) in [5.74, 6) is -0.373. The fourth-order valence-electron chi connectivity index (χ4n) is 1.41. The monoisotopic (exact) mass is 248 g/mol. The van der Waals surface area contributed by atoms with Crippen LogP contribution in [0.15, 0.2) is 24.4 Å². The van der Waals surface area contributed by atoms with E-state index in [0.29, 0.717) is 5.13 Å². The van der Waals surface area contributed by atoms with E-state index in [-0.39, 0.29) is 17.2 Å². The summed E-state index contributed by atoms with van der Waals surface area (Å²) in [5.41, 5.74) is 1.18. The van der Waals surface area contributed by atoms with Crippen LogP contribution in [0.5, 0.6) is 5.75 Å². The van der Waals surface area contributed by atoms with E-state index in [0.717, 1.165) is 10.4 Å². The van der Waals surface area contributed by atoms with Gasteiger partial charge in [0.25, 0.3) is 5.91 Å². The Bertz CT molecular complexity index is 563. The summed E-state index contributed by atoms with van der Waals surface area (Å²) < 4.78 is 0. The molecule has 0 radical (unpaired) electrons. The Balaban J connectivity index is 2.22. The summed E-state index contributed by atoms with van der Waals surface area (Å²) in [7, 11) is 0. The van der Waals surface area contributed by atoms with Crippen molar-refractivity contribution in [3.8, 4) is 5.75 Å². The maximum Gasteiger partial charge on any atom is 0.261 e. The van der Waals surface area contributed by atoms with Crippen LogP contribution < -0.4 is 5.32 Å². The highest BCUT2D eigenvalue weighted by Crippen LogP contribution is 2.21. The standard InChI is InChI=1S/C12H12N2O2S/c1-7-3-4-10(15)9(5-7)11(16)14-12-13-6-8(2)17-12/h3-6,15H,1-2H3,(H,13,14,16). The largest absolute Gasteiger partial charge is 0.507 e. The van der Waals surface area contributed by atoms with Crippen LogP contribution in [0, 0.1) is 13.8 Å². The zero-order chi connectivity index (χ0) is 12.4. The first kappa shape index (κ1) is 11.6. The van der Waals surface area contributed by atoms with E-state index in [1.54, 1.807) is 18.3 Å². The lowest BCUT2D eigenvalue weighted by atomic mass is 10.1. The van der Waals surface area contributed by atoms with Crippen molar-refractivity contribution in [3.63, 3.8) is 0 Å². The predicted molar refractivity (Wildman–Crippen MR) is 67.6 cm³/mol. The van der Waals surface area contributed by atoms with Crippen LogP contribution in [0.2, 0.25) is 0 Å². The van der Waals surface area contributed by atoms with Crippen molar-refractivity contribution >= 4 is 22.4 Å². The molecule has 0 spiro atoms. The fraction of sp³-hybridized carbons (Fsp3) is 0.167. The number of aryl methyl sites for hydroxylation is 2. The number of anilines is 1. The quantitative estimate of drug-likeness (QED) is 0.859. The lowest BCUT2D eigenvalue weighted by Gasteiger charge is -2.05. The Hall–Kier alpha value is -1.88. The maximum atomic E-state index is 11.9. The van der Waals surface area contributed by atoms with E-state index in [9.17, 15) is 9.90 Å². The van der Waals surface area contributed by atoms with Gasteiger partial charge in [0.05, 0.1) is 5.56 Å². The zero-order valence-corrected chi connectivity index (χ0v) is 10.3. The lowest BCUT2D eigenvalue weighted by Crippen LogP contribution is -2.12. The van der Waals surface area contributed by atoms with E-state index < -0.39 is 0 Å². The van der Waals surface area contributed by atoms with Gasteiger partial charge < -0.3 is 5.11 Å². The number of benzene rings is 1. The molecule has 2 N–H and O–H groups in total. The number of rotatable bonds is 2. The first-order valence-electron chi connectivity index (χ1n) is 5.09. The molecule has 0 saturated carbocycles. The average molecular weight is 248 g/mol. The highest BCUT2D eigenvalue weighted by molar-refractivity contribution is 7.15. The molecule has 0 unspecified atom stereocenters. The molecule has 0 aliphatic heterocycles. The number of aromatic hydroxyl groups is 1. The average Bonchev–Trinajstić information content (AvgIpc) is 2.67. The molecule has 0 bridgehead atoms. The van der Waals surface area contributed by atoms with Crippen molar-refractivity contribution in [1.29, 1.82) is 0 Å². The number of phenolic OH excluding ortho intramolecular Hbond substituents is 1. The number of hydrogen-bond donors (Lipinski definition) is 2. The second-order valence-corrected chi connectivity index (χ2v) is 4.99. The summed E-state index contributed by atoms with van der Waals surface area (Å²) in [6.45, 7) is 3.78. The number of amides is 1. The van der Waals surface area contributed by atoms with Crippen molar-refractivity contribution in [2.45, 2.75) is 13.8 Å². The lowest BCUT2D eigenvalue weighted by molar-refractivity contribution is 0.102. The molecule has 88 valence electrons. The number of aromatic nitrogens is 1. The van der Waals surface area contributed by atoms with Gasteiger partial charge in [-0.3, -0.25) is 10.1 Å². The molecule has 0 aliphatic carbocycles. The van der Waals surface area contributed by atoms with Gasteiger partial charge in [-0.25, -0.2) is 4.98 Å². The minimum Gasteiger partial charge on any atom is -0.507 e. The molecule has 0 fully saturated rings. The van der Waals surface area contributed by atoms with E-state index in [1.165, 1.54) is 17.4 Å².